The van der Waals surface area contributed by atoms with Crippen LogP contribution in [0.2, 0.25) is 5.02 Å². The maximum absolute atomic E-state index is 6.01. The summed E-state index contributed by atoms with van der Waals surface area (Å²) in [5, 5.41) is 4.11. The van der Waals surface area contributed by atoms with Gasteiger partial charge in [0.1, 0.15) is 5.76 Å². The average molecular weight is 315 g/mol. The van der Waals surface area contributed by atoms with Crippen molar-refractivity contribution in [1.82, 2.24) is 5.32 Å². The van der Waals surface area contributed by atoms with E-state index in [2.05, 4.69) is 28.2 Å². The second-order valence-corrected chi connectivity index (χ2v) is 4.91. The molecule has 0 fully saturated rings. The van der Waals surface area contributed by atoms with Crippen molar-refractivity contribution in [3.05, 3.63) is 57.4 Å². The first-order chi connectivity index (χ1) is 8.20. The van der Waals surface area contributed by atoms with Crippen molar-refractivity contribution in [2.75, 3.05) is 6.54 Å². The number of furan rings is 1. The van der Waals surface area contributed by atoms with Crippen molar-refractivity contribution < 1.29 is 4.42 Å². The van der Waals surface area contributed by atoms with Crippen LogP contribution in [0.3, 0.4) is 0 Å². The third-order valence-corrected chi connectivity index (χ3v) is 3.13. The molecule has 1 aromatic carbocycles. The van der Waals surface area contributed by atoms with Gasteiger partial charge in [-0.3, -0.25) is 0 Å². The summed E-state index contributed by atoms with van der Waals surface area (Å²) >= 11 is 9.33. The summed E-state index contributed by atoms with van der Waals surface area (Å²) in [6, 6.07) is 11.7. The summed E-state index contributed by atoms with van der Waals surface area (Å²) in [4.78, 5) is 0. The molecule has 90 valence electrons. The fourth-order valence-corrected chi connectivity index (χ4v) is 2.27. The third-order valence-electron chi connectivity index (χ3n) is 2.47. The minimum atomic E-state index is 0.0324. The van der Waals surface area contributed by atoms with Gasteiger partial charge in [0, 0.05) is 5.02 Å². The summed E-state index contributed by atoms with van der Waals surface area (Å²) in [6.45, 7) is 2.92. The lowest BCUT2D eigenvalue weighted by atomic mass is 10.0. The number of rotatable bonds is 4. The summed E-state index contributed by atoms with van der Waals surface area (Å²) < 4.78 is 6.34. The molecule has 0 amide bonds. The Hall–Kier alpha value is -0.770. The van der Waals surface area contributed by atoms with Crippen LogP contribution in [-0.4, -0.2) is 6.54 Å². The molecule has 2 nitrogen and oxygen atoms in total. The fourth-order valence-electron chi connectivity index (χ4n) is 1.76. The van der Waals surface area contributed by atoms with E-state index in [4.69, 9.17) is 16.0 Å². The smallest absolute Gasteiger partial charge is 0.169 e. The topological polar surface area (TPSA) is 25.2 Å². The van der Waals surface area contributed by atoms with Gasteiger partial charge in [-0.2, -0.15) is 0 Å². The van der Waals surface area contributed by atoms with Crippen LogP contribution in [0, 0.1) is 0 Å². The highest BCUT2D eigenvalue weighted by atomic mass is 79.9. The zero-order valence-corrected chi connectivity index (χ0v) is 11.8. The molecule has 1 N–H and O–H groups in total. The Bertz CT molecular complexity index is 498. The molecule has 1 aromatic heterocycles. The highest BCUT2D eigenvalue weighted by Gasteiger charge is 2.16. The Labute approximate surface area is 114 Å². The Balaban J connectivity index is 2.35. The largest absolute Gasteiger partial charge is 0.452 e. The lowest BCUT2D eigenvalue weighted by Gasteiger charge is -2.16. The number of nitrogens with one attached hydrogen (secondary N) is 1. The molecule has 0 radical (unpaired) electrons. The van der Waals surface area contributed by atoms with Crippen molar-refractivity contribution in [3.63, 3.8) is 0 Å². The number of hydrogen-bond acceptors (Lipinski definition) is 2. The van der Waals surface area contributed by atoms with Crippen molar-refractivity contribution in [3.8, 4) is 0 Å². The van der Waals surface area contributed by atoms with E-state index >= 15 is 0 Å². The third kappa shape index (κ3) is 3.12. The summed E-state index contributed by atoms with van der Waals surface area (Å²) in [7, 11) is 0. The molecule has 0 saturated heterocycles. The maximum atomic E-state index is 6.01. The number of halogens is 2. The molecule has 1 atom stereocenters. The van der Waals surface area contributed by atoms with Gasteiger partial charge in [0.15, 0.2) is 4.67 Å². The SMILES string of the molecule is CCNC(c1cccc(Cl)c1)c1ccc(Br)o1. The lowest BCUT2D eigenvalue weighted by molar-refractivity contribution is 0.437. The summed E-state index contributed by atoms with van der Waals surface area (Å²) in [5.41, 5.74) is 1.10. The predicted molar refractivity (Wildman–Crippen MR) is 73.4 cm³/mol. The number of benzene rings is 1. The summed E-state index contributed by atoms with van der Waals surface area (Å²) in [6.07, 6.45) is 0. The molecule has 0 saturated carbocycles. The molecule has 17 heavy (non-hydrogen) atoms. The molecule has 4 heteroatoms. The quantitative estimate of drug-likeness (QED) is 0.905. The molecule has 0 aliphatic carbocycles. The standard InChI is InChI=1S/C13H13BrClNO/c1-2-16-13(11-6-7-12(14)17-11)9-4-3-5-10(15)8-9/h3-8,13,16H,2H2,1H3. The molecular formula is C13H13BrClNO. The monoisotopic (exact) mass is 313 g/mol. The van der Waals surface area contributed by atoms with Gasteiger partial charge in [-0.1, -0.05) is 30.7 Å². The summed E-state index contributed by atoms with van der Waals surface area (Å²) in [5.74, 6) is 0.876. The molecular weight excluding hydrogens is 302 g/mol. The van der Waals surface area contributed by atoms with Gasteiger partial charge in [0.05, 0.1) is 6.04 Å². The van der Waals surface area contributed by atoms with Crippen molar-refractivity contribution in [1.29, 1.82) is 0 Å². The van der Waals surface area contributed by atoms with Gasteiger partial charge >= 0.3 is 0 Å². The Morgan fingerprint density at radius 2 is 2.18 bits per heavy atom. The van der Waals surface area contributed by atoms with E-state index in [-0.39, 0.29) is 6.04 Å². The van der Waals surface area contributed by atoms with Crippen LogP contribution in [-0.2, 0) is 0 Å². The highest BCUT2D eigenvalue weighted by molar-refractivity contribution is 9.10. The second-order valence-electron chi connectivity index (χ2n) is 3.69. The van der Waals surface area contributed by atoms with Crippen molar-refractivity contribution >= 4 is 27.5 Å². The first-order valence-corrected chi connectivity index (χ1v) is 6.62. The van der Waals surface area contributed by atoms with Gasteiger partial charge in [-0.25, -0.2) is 0 Å². The Kier molecular flexibility index (Phi) is 4.26. The Morgan fingerprint density at radius 3 is 2.76 bits per heavy atom. The van der Waals surface area contributed by atoms with Crippen LogP contribution in [0.25, 0.3) is 0 Å². The molecule has 2 rings (SSSR count). The van der Waals surface area contributed by atoms with E-state index in [1.165, 1.54) is 0 Å². The predicted octanol–water partition coefficient (Wildman–Crippen LogP) is 4.39. The molecule has 1 unspecified atom stereocenters. The Morgan fingerprint density at radius 1 is 1.35 bits per heavy atom. The van der Waals surface area contributed by atoms with Crippen LogP contribution in [0.5, 0.6) is 0 Å². The van der Waals surface area contributed by atoms with E-state index in [0.717, 1.165) is 27.6 Å². The zero-order chi connectivity index (χ0) is 12.3. The number of hydrogen-bond donors (Lipinski definition) is 1. The van der Waals surface area contributed by atoms with Crippen LogP contribution < -0.4 is 5.32 Å². The molecule has 0 spiro atoms. The zero-order valence-electron chi connectivity index (χ0n) is 9.41. The molecule has 1 heterocycles. The minimum absolute atomic E-state index is 0.0324. The van der Waals surface area contributed by atoms with Crippen LogP contribution in [0.15, 0.2) is 45.5 Å². The molecule has 0 bridgehead atoms. The van der Waals surface area contributed by atoms with Gasteiger partial charge in [0.2, 0.25) is 0 Å². The molecule has 0 aliphatic heterocycles. The molecule has 2 aromatic rings. The van der Waals surface area contributed by atoms with Gasteiger partial charge in [-0.15, -0.1) is 0 Å². The molecule has 0 aliphatic rings. The lowest BCUT2D eigenvalue weighted by Crippen LogP contribution is -2.21. The van der Waals surface area contributed by atoms with Crippen molar-refractivity contribution in [2.45, 2.75) is 13.0 Å². The first-order valence-electron chi connectivity index (χ1n) is 5.44. The van der Waals surface area contributed by atoms with Gasteiger partial charge < -0.3 is 9.73 Å². The van der Waals surface area contributed by atoms with Crippen LogP contribution in [0.1, 0.15) is 24.3 Å². The van der Waals surface area contributed by atoms with E-state index in [9.17, 15) is 0 Å². The van der Waals surface area contributed by atoms with E-state index in [1.807, 2.05) is 36.4 Å². The minimum Gasteiger partial charge on any atom is -0.452 e. The van der Waals surface area contributed by atoms with E-state index in [1.54, 1.807) is 0 Å². The highest BCUT2D eigenvalue weighted by Crippen LogP contribution is 2.27. The van der Waals surface area contributed by atoms with Crippen LogP contribution >= 0.6 is 27.5 Å². The second kappa shape index (κ2) is 5.71. The first kappa shape index (κ1) is 12.7. The van der Waals surface area contributed by atoms with Crippen LogP contribution in [0.4, 0.5) is 0 Å². The maximum Gasteiger partial charge on any atom is 0.169 e. The van der Waals surface area contributed by atoms with E-state index < -0.39 is 0 Å². The fraction of sp³-hybridized carbons (Fsp3) is 0.231. The van der Waals surface area contributed by atoms with Crippen molar-refractivity contribution in [2.24, 2.45) is 0 Å². The normalized spacial score (nSPS) is 12.6. The van der Waals surface area contributed by atoms with E-state index in [0.29, 0.717) is 0 Å². The van der Waals surface area contributed by atoms with Gasteiger partial charge in [0.25, 0.3) is 0 Å². The average Bonchev–Trinajstić information content (AvgIpc) is 2.72. The van der Waals surface area contributed by atoms with Gasteiger partial charge in [-0.05, 0) is 52.3 Å².